The van der Waals surface area contributed by atoms with Gasteiger partial charge < -0.3 is 10.1 Å². The molecule has 143 valence electrons. The topological polar surface area (TPSA) is 62.2 Å². The standard InChI is InChI=1S/C19H28BrNO2S.BHN/c1-19(2,3)23-18(22)10-12-4-6-13(7-5-12)21-15-11-14(15)16-8-9-17(20)24-16;1-2/h8-9,12-15,21H,4-7,10-11H2,1-3H3;2H/t12?,13?,14-,15-;/m0./s1. The predicted molar refractivity (Wildman–Crippen MR) is 111 cm³/mol. The van der Waals surface area contributed by atoms with Gasteiger partial charge in [0.2, 0.25) is 0 Å². The Morgan fingerprint density at radius 3 is 2.50 bits per heavy atom. The maximum absolute atomic E-state index is 12.0. The number of rotatable bonds is 5. The van der Waals surface area contributed by atoms with Crippen molar-refractivity contribution in [1.82, 2.24) is 5.32 Å². The third kappa shape index (κ3) is 6.89. The van der Waals surface area contributed by atoms with Crippen molar-refractivity contribution < 1.29 is 9.53 Å². The number of hydrogen-bond donors (Lipinski definition) is 2. The first kappa shape index (κ1) is 21.8. The summed E-state index contributed by atoms with van der Waals surface area (Å²) in [7, 11) is 3.75. The van der Waals surface area contributed by atoms with E-state index in [0.29, 0.717) is 30.3 Å². The van der Waals surface area contributed by atoms with Gasteiger partial charge in [0.15, 0.2) is 0 Å². The Labute approximate surface area is 170 Å². The number of carbonyl (C=O) groups is 1. The fraction of sp³-hybridized carbons (Fsp3) is 0.737. The van der Waals surface area contributed by atoms with E-state index < -0.39 is 0 Å². The summed E-state index contributed by atoms with van der Waals surface area (Å²) in [5.74, 6) is 1.17. The van der Waals surface area contributed by atoms with Crippen LogP contribution in [0.2, 0.25) is 0 Å². The minimum atomic E-state index is -0.367. The molecule has 0 saturated heterocycles. The van der Waals surface area contributed by atoms with Crippen LogP contribution in [0.3, 0.4) is 0 Å². The van der Waals surface area contributed by atoms with Gasteiger partial charge in [-0.2, -0.15) is 0 Å². The minimum absolute atomic E-state index is 0.0376. The molecule has 2 aliphatic carbocycles. The molecule has 2 N–H and O–H groups in total. The molecular formula is C19H29BBrN2O2S. The summed E-state index contributed by atoms with van der Waals surface area (Å²) in [6.45, 7) is 5.80. The molecule has 1 aromatic rings. The number of ether oxygens (including phenoxy) is 1. The van der Waals surface area contributed by atoms with Crippen molar-refractivity contribution in [3.8, 4) is 0 Å². The van der Waals surface area contributed by atoms with Crippen molar-refractivity contribution in [2.24, 2.45) is 5.92 Å². The summed E-state index contributed by atoms with van der Waals surface area (Å²) in [5, 5.41) is 9.09. The molecule has 2 fully saturated rings. The van der Waals surface area contributed by atoms with Crippen LogP contribution in [-0.4, -0.2) is 31.3 Å². The SMILES string of the molecule is CC(C)(C)OC(=O)CC1CCC(N[C@H]2C[C@@H]2c2ccc(Br)s2)CC1.[B]=N. The van der Waals surface area contributed by atoms with E-state index in [2.05, 4.69) is 41.0 Å². The Balaban J connectivity index is 0.00000117. The molecule has 0 spiro atoms. The third-order valence-electron chi connectivity index (χ3n) is 4.92. The molecule has 1 radical (unpaired) electrons. The molecule has 1 heterocycles. The third-order valence-corrected chi connectivity index (χ3v) is 6.68. The average molecular weight is 440 g/mol. The molecule has 0 aliphatic heterocycles. The van der Waals surface area contributed by atoms with E-state index in [1.807, 2.05) is 32.1 Å². The summed E-state index contributed by atoms with van der Waals surface area (Å²) < 4.78 is 6.68. The van der Waals surface area contributed by atoms with E-state index in [0.717, 1.165) is 12.8 Å². The first-order valence-corrected chi connectivity index (χ1v) is 10.9. The van der Waals surface area contributed by atoms with E-state index in [4.69, 9.17) is 10.0 Å². The maximum atomic E-state index is 12.0. The molecule has 2 atom stereocenters. The first-order chi connectivity index (χ1) is 12.3. The second-order valence-electron chi connectivity index (χ2n) is 8.27. The molecule has 0 amide bonds. The molecular weight excluding hydrogens is 411 g/mol. The van der Waals surface area contributed by atoms with Gasteiger partial charge in [-0.3, -0.25) is 4.79 Å². The van der Waals surface area contributed by atoms with Crippen molar-refractivity contribution in [2.45, 2.75) is 82.9 Å². The Kier molecular flexibility index (Phi) is 8.04. The number of halogens is 1. The summed E-state index contributed by atoms with van der Waals surface area (Å²) >= 11 is 5.41. The Morgan fingerprint density at radius 2 is 1.96 bits per heavy atom. The van der Waals surface area contributed by atoms with Crippen LogP contribution in [0.5, 0.6) is 0 Å². The van der Waals surface area contributed by atoms with Gasteiger partial charge >= 0.3 is 18.9 Å². The van der Waals surface area contributed by atoms with E-state index in [1.165, 1.54) is 27.9 Å². The van der Waals surface area contributed by atoms with Crippen LogP contribution in [-0.2, 0) is 9.53 Å². The predicted octanol–water partition coefficient (Wildman–Crippen LogP) is 5.16. The van der Waals surface area contributed by atoms with Gasteiger partial charge in [-0.25, -0.2) is 0 Å². The fourth-order valence-corrected chi connectivity index (χ4v) is 5.28. The quantitative estimate of drug-likeness (QED) is 0.491. The normalized spacial score (nSPS) is 28.0. The Hall–Kier alpha value is -0.525. The van der Waals surface area contributed by atoms with Crippen molar-refractivity contribution >= 4 is 40.9 Å². The molecule has 2 aliphatic rings. The summed E-state index contributed by atoms with van der Waals surface area (Å²) in [5.41, 5.74) is -0.367. The van der Waals surface area contributed by atoms with Gasteiger partial charge in [-0.05, 0) is 86.9 Å². The molecule has 1 aromatic heterocycles. The number of hydrogen-bond acceptors (Lipinski definition) is 5. The van der Waals surface area contributed by atoms with Crippen LogP contribution in [0.4, 0.5) is 0 Å². The molecule has 7 heteroatoms. The van der Waals surface area contributed by atoms with Gasteiger partial charge in [-0.15, -0.1) is 11.3 Å². The van der Waals surface area contributed by atoms with Gasteiger partial charge in [-0.1, -0.05) is 0 Å². The summed E-state index contributed by atoms with van der Waals surface area (Å²) in [4.78, 5) is 13.5. The molecule has 0 bridgehead atoms. The van der Waals surface area contributed by atoms with Crippen LogP contribution in [0, 0.1) is 11.2 Å². The Morgan fingerprint density at radius 1 is 1.31 bits per heavy atom. The second-order valence-corrected chi connectivity index (χ2v) is 10.8. The van der Waals surface area contributed by atoms with Crippen molar-refractivity contribution in [3.63, 3.8) is 0 Å². The molecule has 4 nitrogen and oxygen atoms in total. The van der Waals surface area contributed by atoms with Crippen molar-refractivity contribution in [2.75, 3.05) is 0 Å². The van der Waals surface area contributed by atoms with Crippen LogP contribution in [0.15, 0.2) is 15.9 Å². The van der Waals surface area contributed by atoms with Crippen molar-refractivity contribution in [3.05, 3.63) is 20.8 Å². The monoisotopic (exact) mass is 439 g/mol. The van der Waals surface area contributed by atoms with E-state index in [9.17, 15) is 4.79 Å². The molecule has 3 rings (SSSR count). The zero-order valence-corrected chi connectivity index (χ0v) is 18.3. The van der Waals surface area contributed by atoms with E-state index >= 15 is 0 Å². The van der Waals surface area contributed by atoms with Gasteiger partial charge in [0.25, 0.3) is 0 Å². The van der Waals surface area contributed by atoms with Gasteiger partial charge in [0.1, 0.15) is 5.60 Å². The first-order valence-electron chi connectivity index (χ1n) is 9.32. The molecule has 2 saturated carbocycles. The van der Waals surface area contributed by atoms with Crippen LogP contribution >= 0.6 is 27.3 Å². The summed E-state index contributed by atoms with van der Waals surface area (Å²) in [6.07, 6.45) is 6.50. The fourth-order valence-electron chi connectivity index (χ4n) is 3.68. The van der Waals surface area contributed by atoms with Crippen LogP contribution in [0.1, 0.15) is 70.1 Å². The van der Waals surface area contributed by atoms with Gasteiger partial charge in [0.05, 0.1) is 3.79 Å². The molecule has 0 aromatic carbocycles. The number of thiophene rings is 1. The van der Waals surface area contributed by atoms with E-state index in [-0.39, 0.29) is 11.6 Å². The zero-order valence-electron chi connectivity index (χ0n) is 15.9. The van der Waals surface area contributed by atoms with Gasteiger partial charge in [0, 0.05) is 29.3 Å². The molecule has 26 heavy (non-hydrogen) atoms. The second kappa shape index (κ2) is 9.60. The zero-order chi connectivity index (χ0) is 19.3. The van der Waals surface area contributed by atoms with Crippen LogP contribution in [0.25, 0.3) is 0 Å². The van der Waals surface area contributed by atoms with Crippen LogP contribution < -0.4 is 5.32 Å². The molecule has 0 unspecified atom stereocenters. The number of esters is 1. The summed E-state index contributed by atoms with van der Waals surface area (Å²) in [6, 6.07) is 5.68. The Bertz CT molecular complexity index is 597. The number of carbonyl (C=O) groups excluding carboxylic acids is 1. The van der Waals surface area contributed by atoms with Crippen molar-refractivity contribution in [1.29, 1.82) is 5.31 Å². The number of nitrogens with one attached hydrogen (secondary N) is 2. The van der Waals surface area contributed by atoms with E-state index in [1.54, 1.807) is 0 Å². The average Bonchev–Trinajstić information content (AvgIpc) is 3.19.